The minimum absolute atomic E-state index is 0.00990. The maximum atomic E-state index is 13.9. The molecule has 0 saturated heterocycles. The highest BCUT2D eigenvalue weighted by Gasteiger charge is 2.43. The third kappa shape index (κ3) is 4.13. The summed E-state index contributed by atoms with van der Waals surface area (Å²) in [5.41, 5.74) is 4.01. The number of benzene rings is 3. The number of para-hydroxylation sites is 1. The summed E-state index contributed by atoms with van der Waals surface area (Å²) in [6, 6.07) is 23.1. The molecule has 0 saturated carbocycles. The maximum absolute atomic E-state index is 13.9. The summed E-state index contributed by atoms with van der Waals surface area (Å²) < 4.78 is 16.6. The van der Waals surface area contributed by atoms with Gasteiger partial charge in [0.05, 0.1) is 27.0 Å². The molecule has 1 amide bonds. The van der Waals surface area contributed by atoms with Gasteiger partial charge < -0.3 is 14.2 Å². The van der Waals surface area contributed by atoms with Crippen LogP contribution in [-0.2, 0) is 9.59 Å². The first-order chi connectivity index (χ1) is 17.5. The predicted octanol–water partition coefficient (Wildman–Crippen LogP) is 5.63. The van der Waals surface area contributed by atoms with E-state index in [2.05, 4.69) is 0 Å². The van der Waals surface area contributed by atoms with Gasteiger partial charge in [0, 0.05) is 41.7 Å². The van der Waals surface area contributed by atoms with Crippen LogP contribution in [-0.4, -0.2) is 33.0 Å². The zero-order valence-electron chi connectivity index (χ0n) is 20.7. The fourth-order valence-corrected chi connectivity index (χ4v) is 5.50. The van der Waals surface area contributed by atoms with Crippen molar-refractivity contribution < 1.29 is 23.8 Å². The molecule has 0 aromatic heterocycles. The molecule has 6 nitrogen and oxygen atoms in total. The molecule has 0 spiro atoms. The Morgan fingerprint density at radius 2 is 1.56 bits per heavy atom. The average molecular weight is 484 g/mol. The monoisotopic (exact) mass is 483 g/mol. The molecule has 1 heterocycles. The van der Waals surface area contributed by atoms with E-state index in [-0.39, 0.29) is 24.0 Å². The molecule has 0 radical (unpaired) electrons. The van der Waals surface area contributed by atoms with Gasteiger partial charge in [-0.3, -0.25) is 14.5 Å². The van der Waals surface area contributed by atoms with E-state index in [0.29, 0.717) is 41.4 Å². The number of Topliss-reactive ketones (excluding diaryl/α,β-unsaturated/α-hetero) is 1. The molecule has 0 N–H and O–H groups in total. The lowest BCUT2D eigenvalue weighted by Gasteiger charge is -2.40. The highest BCUT2D eigenvalue weighted by molar-refractivity contribution is 6.08. The van der Waals surface area contributed by atoms with E-state index in [1.165, 1.54) is 0 Å². The molecule has 2 aliphatic rings. The first-order valence-electron chi connectivity index (χ1n) is 12.0. The molecular weight excluding hydrogens is 454 g/mol. The normalized spacial score (nSPS) is 19.7. The van der Waals surface area contributed by atoms with E-state index in [9.17, 15) is 9.59 Å². The number of amides is 1. The Morgan fingerprint density at radius 3 is 2.28 bits per heavy atom. The van der Waals surface area contributed by atoms with Crippen molar-refractivity contribution in [3.63, 3.8) is 0 Å². The molecule has 0 bridgehead atoms. The topological polar surface area (TPSA) is 65.1 Å². The fourth-order valence-electron chi connectivity index (χ4n) is 5.50. The Balaban J connectivity index is 1.69. The van der Waals surface area contributed by atoms with Crippen LogP contribution in [0.25, 0.3) is 0 Å². The van der Waals surface area contributed by atoms with E-state index >= 15 is 0 Å². The van der Waals surface area contributed by atoms with Gasteiger partial charge in [0.25, 0.3) is 0 Å². The molecule has 5 rings (SSSR count). The molecule has 2 atom stereocenters. The molecule has 36 heavy (non-hydrogen) atoms. The molecule has 184 valence electrons. The summed E-state index contributed by atoms with van der Waals surface area (Å²) in [4.78, 5) is 29.4. The smallest absolute Gasteiger partial charge is 0.232 e. The number of anilines is 1. The number of ketones is 1. The summed E-state index contributed by atoms with van der Waals surface area (Å²) in [6.45, 7) is 0. The molecule has 1 aliphatic carbocycles. The molecule has 3 aromatic carbocycles. The van der Waals surface area contributed by atoms with Crippen molar-refractivity contribution in [3.8, 4) is 17.2 Å². The number of nitrogens with zero attached hydrogens (tertiary/aromatic N) is 1. The van der Waals surface area contributed by atoms with Gasteiger partial charge in [0.2, 0.25) is 5.91 Å². The van der Waals surface area contributed by atoms with Crippen LogP contribution in [0.4, 0.5) is 5.69 Å². The maximum Gasteiger partial charge on any atom is 0.232 e. The Hall–Kier alpha value is -4.06. The largest absolute Gasteiger partial charge is 0.497 e. The number of hydrogen-bond acceptors (Lipinski definition) is 5. The highest BCUT2D eigenvalue weighted by Crippen LogP contribution is 2.50. The molecule has 0 fully saturated rings. The molecular formula is C30H29NO5. The van der Waals surface area contributed by atoms with Crippen LogP contribution in [0.5, 0.6) is 17.2 Å². The van der Waals surface area contributed by atoms with Crippen LogP contribution in [0, 0.1) is 0 Å². The summed E-state index contributed by atoms with van der Waals surface area (Å²) >= 11 is 0. The summed E-state index contributed by atoms with van der Waals surface area (Å²) in [6.07, 6.45) is 1.13. The van der Waals surface area contributed by atoms with Crippen molar-refractivity contribution in [2.24, 2.45) is 0 Å². The Morgan fingerprint density at radius 1 is 0.778 bits per heavy atom. The van der Waals surface area contributed by atoms with Crippen LogP contribution in [0.3, 0.4) is 0 Å². The number of allylic oxidation sites excluding steroid dienone is 2. The van der Waals surface area contributed by atoms with Crippen LogP contribution < -0.4 is 19.1 Å². The number of carbonyl (C=O) groups excluding carboxylic acids is 2. The predicted molar refractivity (Wildman–Crippen MR) is 138 cm³/mol. The molecule has 6 heteroatoms. The lowest BCUT2D eigenvalue weighted by Crippen LogP contribution is -2.41. The minimum Gasteiger partial charge on any atom is -0.497 e. The third-order valence-electron chi connectivity index (χ3n) is 7.12. The SMILES string of the molecule is COc1cccc(N2C(=O)CC(c3cccc(OC)c3OC)C3=C2CC(c2ccccc2)CC3=O)c1. The number of methoxy groups -OCH3 is 3. The lowest BCUT2D eigenvalue weighted by molar-refractivity contribution is -0.120. The second-order valence-corrected chi connectivity index (χ2v) is 9.07. The second-order valence-electron chi connectivity index (χ2n) is 9.07. The van der Waals surface area contributed by atoms with Crippen molar-refractivity contribution in [2.45, 2.75) is 31.1 Å². The van der Waals surface area contributed by atoms with Crippen molar-refractivity contribution in [1.29, 1.82) is 0 Å². The minimum atomic E-state index is -0.413. The molecule has 2 unspecified atom stereocenters. The number of rotatable bonds is 6. The van der Waals surface area contributed by atoms with E-state index in [0.717, 1.165) is 16.8 Å². The second kappa shape index (κ2) is 9.90. The van der Waals surface area contributed by atoms with Crippen LogP contribution in [0.2, 0.25) is 0 Å². The standard InChI is InChI=1S/C30H29NO5/c1-34-22-12-7-11-21(17-22)31-25-15-20(19-9-5-4-6-10-19)16-26(32)29(25)24(18-28(31)33)23-13-8-14-27(35-2)30(23)36-3/h4-14,17,20,24H,15-16,18H2,1-3H3. The Bertz CT molecular complexity index is 1330. The zero-order valence-corrected chi connectivity index (χ0v) is 20.7. The Kier molecular flexibility index (Phi) is 6.51. The van der Waals surface area contributed by atoms with Gasteiger partial charge in [-0.2, -0.15) is 0 Å². The summed E-state index contributed by atoms with van der Waals surface area (Å²) in [5, 5.41) is 0. The van der Waals surface area contributed by atoms with Gasteiger partial charge in [0.15, 0.2) is 17.3 Å². The third-order valence-corrected chi connectivity index (χ3v) is 7.12. The van der Waals surface area contributed by atoms with Gasteiger partial charge >= 0.3 is 0 Å². The van der Waals surface area contributed by atoms with E-state index in [1.807, 2.05) is 72.8 Å². The summed E-state index contributed by atoms with van der Waals surface area (Å²) in [5.74, 6) is 1.34. The molecule has 1 aliphatic heterocycles. The van der Waals surface area contributed by atoms with Gasteiger partial charge in [-0.05, 0) is 36.1 Å². The van der Waals surface area contributed by atoms with E-state index in [1.54, 1.807) is 26.2 Å². The van der Waals surface area contributed by atoms with Gasteiger partial charge in [-0.1, -0.05) is 48.5 Å². The van der Waals surface area contributed by atoms with E-state index < -0.39 is 5.92 Å². The van der Waals surface area contributed by atoms with Crippen LogP contribution in [0.1, 0.15) is 42.2 Å². The zero-order chi connectivity index (χ0) is 25.2. The van der Waals surface area contributed by atoms with Crippen molar-refractivity contribution in [2.75, 3.05) is 26.2 Å². The van der Waals surface area contributed by atoms with E-state index in [4.69, 9.17) is 14.2 Å². The fraction of sp³-hybridized carbons (Fsp3) is 0.267. The van der Waals surface area contributed by atoms with Crippen LogP contribution in [0.15, 0.2) is 84.1 Å². The van der Waals surface area contributed by atoms with Crippen molar-refractivity contribution >= 4 is 17.4 Å². The lowest BCUT2D eigenvalue weighted by atomic mass is 9.72. The summed E-state index contributed by atoms with van der Waals surface area (Å²) in [7, 11) is 4.76. The molecule has 3 aromatic rings. The first-order valence-corrected chi connectivity index (χ1v) is 12.0. The van der Waals surface area contributed by atoms with Gasteiger partial charge in [0.1, 0.15) is 5.75 Å². The number of hydrogen-bond donors (Lipinski definition) is 0. The van der Waals surface area contributed by atoms with Crippen LogP contribution >= 0.6 is 0 Å². The number of carbonyl (C=O) groups is 2. The Labute approximate surface area is 211 Å². The average Bonchev–Trinajstić information content (AvgIpc) is 2.92. The quantitative estimate of drug-likeness (QED) is 0.454. The number of ether oxygens (including phenoxy) is 3. The first kappa shape index (κ1) is 23.7. The highest BCUT2D eigenvalue weighted by atomic mass is 16.5. The van der Waals surface area contributed by atoms with Crippen molar-refractivity contribution in [1.82, 2.24) is 0 Å². The van der Waals surface area contributed by atoms with Gasteiger partial charge in [-0.15, -0.1) is 0 Å². The van der Waals surface area contributed by atoms with Crippen molar-refractivity contribution in [3.05, 3.63) is 95.2 Å². The van der Waals surface area contributed by atoms with Gasteiger partial charge in [-0.25, -0.2) is 0 Å².